The zero-order chi connectivity index (χ0) is 7.11. The Hall–Kier alpha value is -0.970. The van der Waals surface area contributed by atoms with Crippen LogP contribution >= 0.6 is 11.5 Å². The summed E-state index contributed by atoms with van der Waals surface area (Å²) in [5, 5.41) is 12.7. The number of rotatable bonds is 0. The predicted molar refractivity (Wildman–Crippen MR) is 33.2 cm³/mol. The van der Waals surface area contributed by atoms with E-state index in [9.17, 15) is 0 Å². The van der Waals surface area contributed by atoms with Crippen molar-refractivity contribution in [3.8, 4) is 0 Å². The molecular formula is C4H6N2O2S. The van der Waals surface area contributed by atoms with Crippen molar-refractivity contribution in [2.75, 3.05) is 0 Å². The molecule has 0 aliphatic heterocycles. The van der Waals surface area contributed by atoms with Crippen molar-refractivity contribution in [2.24, 2.45) is 0 Å². The highest BCUT2D eigenvalue weighted by molar-refractivity contribution is 7.03. The zero-order valence-corrected chi connectivity index (χ0v) is 5.63. The van der Waals surface area contributed by atoms with Crippen molar-refractivity contribution in [3.63, 3.8) is 0 Å². The van der Waals surface area contributed by atoms with E-state index in [0.29, 0.717) is 0 Å². The summed E-state index contributed by atoms with van der Waals surface area (Å²) in [4.78, 5) is 9.00. The van der Waals surface area contributed by atoms with Gasteiger partial charge in [0.05, 0.1) is 6.20 Å². The molecule has 1 heterocycles. The smallest absolute Gasteiger partial charge is 0.300 e. The Labute approximate surface area is 56.3 Å². The van der Waals surface area contributed by atoms with Crippen LogP contribution in [0.3, 0.4) is 0 Å². The number of carbonyl (C=O) groups is 1. The van der Waals surface area contributed by atoms with Gasteiger partial charge in [0, 0.05) is 12.3 Å². The average Bonchev–Trinajstić information content (AvgIpc) is 2.11. The maximum absolute atomic E-state index is 9.00. The van der Waals surface area contributed by atoms with Crippen LogP contribution in [-0.2, 0) is 4.79 Å². The van der Waals surface area contributed by atoms with Crippen molar-refractivity contribution in [1.82, 2.24) is 9.59 Å². The number of carboxylic acid groups (broad SMARTS) is 1. The lowest BCUT2D eigenvalue weighted by atomic mass is 10.9. The molecule has 0 bridgehead atoms. The van der Waals surface area contributed by atoms with Gasteiger partial charge in [-0.1, -0.05) is 4.49 Å². The van der Waals surface area contributed by atoms with Crippen LogP contribution in [0.5, 0.6) is 0 Å². The molecule has 0 unspecified atom stereocenters. The van der Waals surface area contributed by atoms with Gasteiger partial charge in [0.25, 0.3) is 5.97 Å². The van der Waals surface area contributed by atoms with Gasteiger partial charge in [0.1, 0.15) is 0 Å². The molecule has 0 saturated heterocycles. The monoisotopic (exact) mass is 146 g/mol. The summed E-state index contributed by atoms with van der Waals surface area (Å²) in [6.07, 6.45) is 1.66. The third-order valence-corrected chi connectivity index (χ3v) is 0.715. The quantitative estimate of drug-likeness (QED) is 0.583. The van der Waals surface area contributed by atoms with E-state index in [4.69, 9.17) is 9.90 Å². The summed E-state index contributed by atoms with van der Waals surface area (Å²) >= 11 is 1.35. The third kappa shape index (κ3) is 11.0. The van der Waals surface area contributed by atoms with Crippen molar-refractivity contribution >= 4 is 17.5 Å². The van der Waals surface area contributed by atoms with Crippen LogP contribution < -0.4 is 0 Å². The second-order valence-electron chi connectivity index (χ2n) is 1.11. The van der Waals surface area contributed by atoms with Crippen LogP contribution in [0.2, 0.25) is 0 Å². The molecule has 50 valence electrons. The molecule has 9 heavy (non-hydrogen) atoms. The van der Waals surface area contributed by atoms with Crippen LogP contribution in [0.4, 0.5) is 0 Å². The summed E-state index contributed by atoms with van der Waals surface area (Å²) in [5.41, 5.74) is 0. The first-order valence-corrected chi connectivity index (χ1v) is 2.97. The Balaban J connectivity index is 0.000000148. The largest absolute Gasteiger partial charge is 0.481 e. The second-order valence-corrected chi connectivity index (χ2v) is 1.75. The van der Waals surface area contributed by atoms with E-state index < -0.39 is 5.97 Å². The number of hydrogen-bond acceptors (Lipinski definition) is 4. The van der Waals surface area contributed by atoms with Crippen LogP contribution in [0.25, 0.3) is 0 Å². The molecular weight excluding hydrogens is 140 g/mol. The molecule has 0 aliphatic carbocycles. The third-order valence-electron chi connectivity index (χ3n) is 0.283. The minimum Gasteiger partial charge on any atom is -0.481 e. The van der Waals surface area contributed by atoms with Crippen LogP contribution in [0.15, 0.2) is 11.6 Å². The molecule has 0 fully saturated rings. The van der Waals surface area contributed by atoms with Gasteiger partial charge in [0.2, 0.25) is 0 Å². The average molecular weight is 146 g/mol. The number of aromatic nitrogens is 2. The van der Waals surface area contributed by atoms with Gasteiger partial charge in [-0.05, 0) is 11.5 Å². The fraction of sp³-hybridized carbons (Fsp3) is 0.250. The van der Waals surface area contributed by atoms with Crippen LogP contribution in [0.1, 0.15) is 6.92 Å². The van der Waals surface area contributed by atoms with Gasteiger partial charge >= 0.3 is 0 Å². The van der Waals surface area contributed by atoms with E-state index in [0.717, 1.165) is 6.92 Å². The Morgan fingerprint density at radius 1 is 1.78 bits per heavy atom. The van der Waals surface area contributed by atoms with E-state index in [1.807, 2.05) is 5.38 Å². The number of aliphatic carboxylic acids is 1. The molecule has 0 saturated carbocycles. The summed E-state index contributed by atoms with van der Waals surface area (Å²) in [6, 6.07) is 0. The minimum absolute atomic E-state index is 0.833. The molecule has 1 rings (SSSR count). The summed E-state index contributed by atoms with van der Waals surface area (Å²) in [6.45, 7) is 1.08. The zero-order valence-electron chi connectivity index (χ0n) is 4.81. The van der Waals surface area contributed by atoms with E-state index in [1.54, 1.807) is 6.20 Å². The van der Waals surface area contributed by atoms with Crippen LogP contribution in [-0.4, -0.2) is 20.7 Å². The Bertz CT molecular complexity index is 130. The highest BCUT2D eigenvalue weighted by Crippen LogP contribution is 1.78. The first kappa shape index (κ1) is 8.03. The van der Waals surface area contributed by atoms with Gasteiger partial charge in [-0.2, -0.15) is 0 Å². The molecule has 1 aromatic rings. The summed E-state index contributed by atoms with van der Waals surface area (Å²) < 4.78 is 3.51. The van der Waals surface area contributed by atoms with Crippen molar-refractivity contribution in [2.45, 2.75) is 6.92 Å². The van der Waals surface area contributed by atoms with E-state index in [1.165, 1.54) is 11.5 Å². The second kappa shape index (κ2) is 5.17. The van der Waals surface area contributed by atoms with Gasteiger partial charge in [-0.3, -0.25) is 4.79 Å². The highest BCUT2D eigenvalue weighted by Gasteiger charge is 1.65. The maximum Gasteiger partial charge on any atom is 0.300 e. The van der Waals surface area contributed by atoms with Gasteiger partial charge in [-0.25, -0.2) is 0 Å². The Kier molecular flexibility index (Phi) is 4.61. The fourth-order valence-corrected chi connectivity index (χ4v) is 0.408. The maximum atomic E-state index is 9.00. The summed E-state index contributed by atoms with van der Waals surface area (Å²) in [5.74, 6) is -0.833. The molecule has 0 aliphatic rings. The van der Waals surface area contributed by atoms with E-state index in [-0.39, 0.29) is 0 Å². The van der Waals surface area contributed by atoms with Gasteiger partial charge < -0.3 is 5.11 Å². The molecule has 0 atom stereocenters. The SMILES string of the molecule is CC(=O)O.c1csnn1. The first-order chi connectivity index (χ1) is 4.23. The van der Waals surface area contributed by atoms with Gasteiger partial charge in [-0.15, -0.1) is 5.10 Å². The summed E-state index contributed by atoms with van der Waals surface area (Å²) in [7, 11) is 0. The van der Waals surface area contributed by atoms with Crippen LogP contribution in [0, 0.1) is 0 Å². The molecule has 1 aromatic heterocycles. The molecule has 0 spiro atoms. The van der Waals surface area contributed by atoms with Crippen molar-refractivity contribution < 1.29 is 9.90 Å². The van der Waals surface area contributed by atoms with E-state index >= 15 is 0 Å². The van der Waals surface area contributed by atoms with E-state index in [2.05, 4.69) is 9.59 Å². The lowest BCUT2D eigenvalue weighted by Gasteiger charge is -1.59. The molecule has 1 N–H and O–H groups in total. The lowest BCUT2D eigenvalue weighted by molar-refractivity contribution is -0.134. The fourth-order valence-electron chi connectivity index (χ4n) is 0.136. The minimum atomic E-state index is -0.833. The molecule has 0 aromatic carbocycles. The lowest BCUT2D eigenvalue weighted by Crippen LogP contribution is -1.78. The normalized spacial score (nSPS) is 7.22. The first-order valence-electron chi connectivity index (χ1n) is 2.14. The Morgan fingerprint density at radius 2 is 2.33 bits per heavy atom. The molecule has 5 heteroatoms. The molecule has 0 amide bonds. The van der Waals surface area contributed by atoms with Crippen molar-refractivity contribution in [3.05, 3.63) is 11.6 Å². The highest BCUT2D eigenvalue weighted by atomic mass is 32.1. The topological polar surface area (TPSA) is 63.1 Å². The molecule has 0 radical (unpaired) electrons. The standard InChI is InChI=1S/C2H2N2S.C2H4O2/c1-2-5-4-3-1;1-2(3)4/h1-2H;1H3,(H,3,4). The number of carboxylic acids is 1. The predicted octanol–water partition coefficient (Wildman–Crippen LogP) is 0.629. The van der Waals surface area contributed by atoms with Gasteiger partial charge in [0.15, 0.2) is 0 Å². The number of hydrogen-bond donors (Lipinski definition) is 1. The molecule has 4 nitrogen and oxygen atoms in total. The van der Waals surface area contributed by atoms with Crippen molar-refractivity contribution in [1.29, 1.82) is 0 Å². The number of nitrogens with zero attached hydrogens (tertiary/aromatic N) is 2. The Morgan fingerprint density at radius 3 is 2.44 bits per heavy atom.